The number of aromatic nitrogens is 3. The number of carbonyl (C=O) groups is 4. The minimum Gasteiger partial charge on any atom is -0.443 e. The molecule has 3 aliphatic rings. The monoisotopic (exact) mass is 897 g/mol. The molecule has 65 heavy (non-hydrogen) atoms. The standard InChI is InChI=1S/C49H69N7O6.CH3NO/c1-35-28-36(2)44-39(29-35)31-55(50-44)33-61-46(59)48(3,4)18-10-11-19-49(5,6)47(60)62-34-56-42-13-9-8-12-38(42)30-41(45(56)58)37-14-22-52(23-15-37)32-43(57)54-26-24-53(25-27-54)40-16-20-51(7)21-17-40;2-1-3/h8-9,12-13,28-31,37,40H,10-11,14-27,32-34H2,1-7H3;1H,(H2,2,3). The molecule has 0 aliphatic carbocycles. The van der Waals surface area contributed by atoms with Gasteiger partial charge in [0.1, 0.15) is 0 Å². The number of esters is 2. The highest BCUT2D eigenvalue weighted by atomic mass is 16.5. The average molecular weight is 897 g/mol. The molecule has 0 spiro atoms. The first kappa shape index (κ1) is 49.3. The molecule has 2 amide bonds. The Balaban J connectivity index is 0.00000227. The topological polar surface area (TPSA) is 166 Å². The molecule has 0 atom stereocenters. The van der Waals surface area contributed by atoms with Crippen LogP contribution in [0.2, 0.25) is 0 Å². The summed E-state index contributed by atoms with van der Waals surface area (Å²) in [6.07, 6.45) is 8.78. The van der Waals surface area contributed by atoms with Gasteiger partial charge in [-0.2, -0.15) is 5.10 Å². The highest BCUT2D eigenvalue weighted by Gasteiger charge is 2.33. The number of nitrogens with two attached hydrogens (primary N) is 1. The summed E-state index contributed by atoms with van der Waals surface area (Å²) >= 11 is 0. The number of benzene rings is 2. The van der Waals surface area contributed by atoms with Crippen LogP contribution >= 0.6 is 0 Å². The number of rotatable bonds is 15. The van der Waals surface area contributed by atoms with Gasteiger partial charge in [0, 0.05) is 49.4 Å². The number of aryl methyl sites for hydroxylation is 2. The van der Waals surface area contributed by atoms with E-state index in [4.69, 9.17) is 14.3 Å². The van der Waals surface area contributed by atoms with Gasteiger partial charge >= 0.3 is 11.9 Å². The van der Waals surface area contributed by atoms with Crippen molar-refractivity contribution in [1.82, 2.24) is 33.9 Å². The number of nitrogens with zero attached hydrogens (tertiary/aromatic N) is 7. The van der Waals surface area contributed by atoms with Crippen LogP contribution in [0, 0.1) is 24.7 Å². The van der Waals surface area contributed by atoms with E-state index in [1.807, 2.05) is 76.0 Å². The molecule has 2 aromatic heterocycles. The first-order valence-corrected chi connectivity index (χ1v) is 23.5. The SMILES string of the molecule is Cc1cc(C)c2nn(COC(=O)C(C)(C)CCCCC(C)(C)C(=O)OCn3c(=O)c(C4CCN(CC(=O)N5CCN(C6CCN(C)CC6)CC5)CC4)cc4ccccc43)cc2c1.NC=O. The van der Waals surface area contributed by atoms with Gasteiger partial charge < -0.3 is 25.0 Å². The van der Waals surface area contributed by atoms with Crippen molar-refractivity contribution in [2.45, 2.75) is 118 Å². The number of likely N-dealkylation sites (tertiary alicyclic amines) is 2. The Kier molecular flexibility index (Phi) is 16.6. The molecular formula is C50H72N8O7. The Morgan fingerprint density at radius 3 is 2.03 bits per heavy atom. The Bertz CT molecular complexity index is 2330. The van der Waals surface area contributed by atoms with Gasteiger partial charge in [0.25, 0.3) is 5.56 Å². The van der Waals surface area contributed by atoms with Crippen LogP contribution in [0.3, 0.4) is 0 Å². The van der Waals surface area contributed by atoms with E-state index in [-0.39, 0.29) is 49.2 Å². The highest BCUT2D eigenvalue weighted by molar-refractivity contribution is 5.82. The minimum atomic E-state index is -0.787. The molecule has 0 bridgehead atoms. The molecule has 3 saturated heterocycles. The van der Waals surface area contributed by atoms with Crippen molar-refractivity contribution in [2.24, 2.45) is 16.6 Å². The van der Waals surface area contributed by atoms with Crippen molar-refractivity contribution in [2.75, 3.05) is 66.0 Å². The maximum Gasteiger partial charge on any atom is 0.313 e. The molecule has 15 nitrogen and oxygen atoms in total. The van der Waals surface area contributed by atoms with E-state index in [0.29, 0.717) is 25.4 Å². The molecule has 0 saturated carbocycles. The quantitative estimate of drug-likeness (QED) is 0.0871. The smallest absolute Gasteiger partial charge is 0.313 e. The maximum absolute atomic E-state index is 14.2. The van der Waals surface area contributed by atoms with Crippen LogP contribution in [0.15, 0.2) is 53.5 Å². The van der Waals surface area contributed by atoms with Gasteiger partial charge in [-0.3, -0.25) is 38.3 Å². The van der Waals surface area contributed by atoms with E-state index in [1.54, 1.807) is 9.25 Å². The molecule has 0 radical (unpaired) electrons. The number of primary amides is 1. The van der Waals surface area contributed by atoms with E-state index in [9.17, 15) is 19.2 Å². The van der Waals surface area contributed by atoms with E-state index >= 15 is 0 Å². The third-order valence-electron chi connectivity index (χ3n) is 13.9. The van der Waals surface area contributed by atoms with Crippen LogP contribution in [0.4, 0.5) is 0 Å². The highest BCUT2D eigenvalue weighted by Crippen LogP contribution is 2.32. The van der Waals surface area contributed by atoms with E-state index in [2.05, 4.69) is 51.6 Å². The number of amides is 2. The Labute approximate surface area is 384 Å². The molecule has 3 fully saturated rings. The molecule has 15 heteroatoms. The van der Waals surface area contributed by atoms with Crippen molar-refractivity contribution in [1.29, 1.82) is 0 Å². The lowest BCUT2D eigenvalue weighted by Crippen LogP contribution is -2.55. The van der Waals surface area contributed by atoms with Crippen LogP contribution in [0.1, 0.15) is 102 Å². The number of hydrogen-bond donors (Lipinski definition) is 1. The number of para-hydroxylation sites is 1. The fraction of sp³-hybridized carbons (Fsp3) is 0.600. The Hall–Kier alpha value is -5.12. The van der Waals surface area contributed by atoms with Crippen molar-refractivity contribution in [3.05, 3.63) is 75.7 Å². The number of fused-ring (bicyclic) bond motifs is 2. The zero-order valence-corrected chi connectivity index (χ0v) is 39.9. The van der Waals surface area contributed by atoms with Gasteiger partial charge in [0.15, 0.2) is 13.5 Å². The van der Waals surface area contributed by atoms with Gasteiger partial charge in [-0.15, -0.1) is 0 Å². The zero-order valence-electron chi connectivity index (χ0n) is 39.9. The fourth-order valence-corrected chi connectivity index (χ4v) is 9.75. The number of piperidine rings is 2. The molecule has 2 aromatic carbocycles. The molecule has 5 heterocycles. The number of unbranched alkanes of at least 4 members (excludes halogenated alkanes) is 1. The number of carbonyl (C=O) groups excluding carboxylic acids is 4. The molecular weight excluding hydrogens is 825 g/mol. The molecule has 3 aliphatic heterocycles. The summed E-state index contributed by atoms with van der Waals surface area (Å²) in [4.78, 5) is 72.1. The molecule has 354 valence electrons. The van der Waals surface area contributed by atoms with Crippen molar-refractivity contribution >= 4 is 46.1 Å². The summed E-state index contributed by atoms with van der Waals surface area (Å²) in [6.45, 7) is 19.2. The summed E-state index contributed by atoms with van der Waals surface area (Å²) in [7, 11) is 2.19. The number of hydrogen-bond acceptors (Lipinski definition) is 11. The van der Waals surface area contributed by atoms with Crippen molar-refractivity contribution in [3.8, 4) is 0 Å². The van der Waals surface area contributed by atoms with Gasteiger partial charge in [0.2, 0.25) is 12.3 Å². The second-order valence-corrected chi connectivity index (χ2v) is 19.8. The molecule has 2 N–H and O–H groups in total. The second kappa shape index (κ2) is 21.9. The van der Waals surface area contributed by atoms with Gasteiger partial charge in [-0.05, 0) is 148 Å². The van der Waals surface area contributed by atoms with E-state index < -0.39 is 10.8 Å². The average Bonchev–Trinajstić information content (AvgIpc) is 3.70. The van der Waals surface area contributed by atoms with Gasteiger partial charge in [-0.1, -0.05) is 42.7 Å². The van der Waals surface area contributed by atoms with Crippen molar-refractivity contribution < 1.29 is 28.7 Å². The second-order valence-electron chi connectivity index (χ2n) is 19.8. The number of pyridine rings is 1. The lowest BCUT2D eigenvalue weighted by Gasteiger charge is -2.42. The van der Waals surface area contributed by atoms with Gasteiger partial charge in [0.05, 0.1) is 28.4 Å². The minimum absolute atomic E-state index is 0.0499. The third-order valence-corrected chi connectivity index (χ3v) is 13.9. The van der Waals surface area contributed by atoms with Crippen molar-refractivity contribution in [3.63, 3.8) is 0 Å². The number of piperazine rings is 1. The third kappa shape index (κ3) is 12.6. The molecule has 4 aromatic rings. The molecule has 0 unspecified atom stereocenters. The first-order chi connectivity index (χ1) is 31.0. The summed E-state index contributed by atoms with van der Waals surface area (Å²) in [5, 5.41) is 6.55. The van der Waals surface area contributed by atoms with Crippen LogP contribution in [-0.2, 0) is 42.1 Å². The predicted octanol–water partition coefficient (Wildman–Crippen LogP) is 5.80. The van der Waals surface area contributed by atoms with Crippen LogP contribution in [0.5, 0.6) is 0 Å². The number of ether oxygens (including phenoxy) is 2. The summed E-state index contributed by atoms with van der Waals surface area (Å²) in [6, 6.07) is 14.6. The maximum atomic E-state index is 14.2. The molecule has 7 rings (SSSR count). The fourth-order valence-electron chi connectivity index (χ4n) is 9.75. The Morgan fingerprint density at radius 1 is 0.800 bits per heavy atom. The normalized spacial score (nSPS) is 17.5. The largest absolute Gasteiger partial charge is 0.443 e. The van der Waals surface area contributed by atoms with Crippen LogP contribution in [0.25, 0.3) is 21.8 Å². The lowest BCUT2D eigenvalue weighted by molar-refractivity contribution is -0.160. The summed E-state index contributed by atoms with van der Waals surface area (Å²) in [5.41, 5.74) is 7.16. The van der Waals surface area contributed by atoms with Gasteiger partial charge in [-0.25, -0.2) is 4.68 Å². The van der Waals surface area contributed by atoms with Crippen LogP contribution < -0.4 is 11.3 Å². The zero-order chi connectivity index (χ0) is 46.9. The summed E-state index contributed by atoms with van der Waals surface area (Å²) < 4.78 is 14.9. The van der Waals surface area contributed by atoms with Crippen LogP contribution in [-0.4, -0.2) is 130 Å². The first-order valence-electron chi connectivity index (χ1n) is 23.5. The summed E-state index contributed by atoms with van der Waals surface area (Å²) in [5.74, 6) is -0.396. The van der Waals surface area contributed by atoms with E-state index in [0.717, 1.165) is 117 Å². The Morgan fingerprint density at radius 2 is 1.40 bits per heavy atom. The predicted molar refractivity (Wildman–Crippen MR) is 253 cm³/mol. The van der Waals surface area contributed by atoms with E-state index in [1.165, 1.54) is 12.8 Å². The lowest BCUT2D eigenvalue weighted by atomic mass is 9.83.